The van der Waals surface area contributed by atoms with Gasteiger partial charge in [-0.2, -0.15) is 23.4 Å². The van der Waals surface area contributed by atoms with E-state index in [4.69, 9.17) is 0 Å². The minimum Gasteiger partial charge on any atom is -0.275 e. The Labute approximate surface area is 164 Å². The third-order valence-corrected chi connectivity index (χ3v) is 4.84. The third-order valence-electron chi connectivity index (χ3n) is 4.84. The molecule has 0 saturated carbocycles. The number of halogens is 4. The first kappa shape index (κ1) is 18.3. The zero-order valence-electron chi connectivity index (χ0n) is 15.6. The first-order valence-corrected chi connectivity index (χ1v) is 8.73. The number of benzene rings is 1. The summed E-state index contributed by atoms with van der Waals surface area (Å²) in [6.45, 7) is 0. The average Bonchev–Trinajstić information content (AvgIpc) is 3.23. The van der Waals surface area contributed by atoms with Crippen molar-refractivity contribution in [3.05, 3.63) is 58.5 Å². The Balaban J connectivity index is 2.04. The number of aryl methyl sites for hydroxylation is 2. The number of hydrogen-bond acceptors (Lipinski definition) is 4. The number of pyridine rings is 2. The molecule has 4 heterocycles. The highest BCUT2D eigenvalue weighted by Gasteiger charge is 2.37. The first-order valence-electron chi connectivity index (χ1n) is 8.73. The maximum Gasteiger partial charge on any atom is 0.436 e. The van der Waals surface area contributed by atoms with E-state index in [2.05, 4.69) is 15.2 Å². The quantitative estimate of drug-likeness (QED) is 0.393. The van der Waals surface area contributed by atoms with Gasteiger partial charge in [0.2, 0.25) is 0 Å². The highest BCUT2D eigenvalue weighted by molar-refractivity contribution is 6.04. The maximum absolute atomic E-state index is 14.3. The highest BCUT2D eigenvalue weighted by Crippen LogP contribution is 2.34. The second kappa shape index (κ2) is 5.88. The molecule has 11 heteroatoms. The van der Waals surface area contributed by atoms with Gasteiger partial charge >= 0.3 is 6.18 Å². The Kier molecular flexibility index (Phi) is 3.58. The fourth-order valence-electron chi connectivity index (χ4n) is 3.66. The van der Waals surface area contributed by atoms with Crippen molar-refractivity contribution in [1.82, 2.24) is 29.1 Å². The molecule has 0 saturated heterocycles. The van der Waals surface area contributed by atoms with Crippen LogP contribution in [0.1, 0.15) is 5.69 Å². The van der Waals surface area contributed by atoms with E-state index in [9.17, 15) is 22.4 Å². The Bertz CT molecular complexity index is 1540. The lowest BCUT2D eigenvalue weighted by Gasteiger charge is -2.14. The van der Waals surface area contributed by atoms with Crippen molar-refractivity contribution in [3.63, 3.8) is 0 Å². The highest BCUT2D eigenvalue weighted by atomic mass is 19.4. The zero-order valence-corrected chi connectivity index (χ0v) is 15.6. The summed E-state index contributed by atoms with van der Waals surface area (Å²) in [6, 6.07) is 5.64. The van der Waals surface area contributed by atoms with Gasteiger partial charge in [0.05, 0.1) is 11.2 Å². The van der Waals surface area contributed by atoms with Crippen LogP contribution in [0.25, 0.3) is 38.5 Å². The first-order chi connectivity index (χ1) is 14.1. The van der Waals surface area contributed by atoms with Crippen molar-refractivity contribution in [1.29, 1.82) is 0 Å². The molecule has 0 radical (unpaired) electrons. The van der Waals surface area contributed by atoms with E-state index in [-0.39, 0.29) is 27.6 Å². The van der Waals surface area contributed by atoms with Crippen LogP contribution in [0.2, 0.25) is 0 Å². The van der Waals surface area contributed by atoms with E-state index >= 15 is 0 Å². The van der Waals surface area contributed by atoms with Crippen LogP contribution in [-0.2, 0) is 20.3 Å². The molecule has 1 aromatic carbocycles. The van der Waals surface area contributed by atoms with E-state index in [1.807, 2.05) is 0 Å². The van der Waals surface area contributed by atoms with Gasteiger partial charge in [0.1, 0.15) is 5.65 Å². The lowest BCUT2D eigenvalue weighted by molar-refractivity contribution is -0.143. The van der Waals surface area contributed by atoms with Gasteiger partial charge in [0.15, 0.2) is 17.0 Å². The SMILES string of the molecule is Cn1cc2c(-n3c(=O)c4nn(C)cc4c4cc(F)c(C(F)(F)F)nc43)cccc2n1. The number of alkyl halides is 3. The van der Waals surface area contributed by atoms with Crippen molar-refractivity contribution in [2.24, 2.45) is 14.1 Å². The topological polar surface area (TPSA) is 70.5 Å². The summed E-state index contributed by atoms with van der Waals surface area (Å²) >= 11 is 0. The summed E-state index contributed by atoms with van der Waals surface area (Å²) < 4.78 is 58.3. The number of rotatable bonds is 1. The number of nitrogens with zero attached hydrogens (tertiary/aromatic N) is 6. The molecule has 0 aliphatic carbocycles. The Morgan fingerprint density at radius 2 is 1.67 bits per heavy atom. The number of fused-ring (bicyclic) bond motifs is 4. The van der Waals surface area contributed by atoms with Gasteiger partial charge in [-0.1, -0.05) is 6.07 Å². The minimum absolute atomic E-state index is 0.00754. The Hall–Kier alpha value is -3.76. The summed E-state index contributed by atoms with van der Waals surface area (Å²) in [5, 5.41) is 9.18. The molecule has 0 amide bonds. The largest absolute Gasteiger partial charge is 0.436 e. The molecular formula is C19H12F4N6O. The standard InChI is InChI=1S/C19H12F4N6O/c1-27-8-11-13(25-27)4-3-5-14(11)29-17-9(6-12(20)16(24-17)19(21,22)23)10-7-28(2)26-15(10)18(29)30/h3-8H,1-2H3. The van der Waals surface area contributed by atoms with Crippen LogP contribution in [0.5, 0.6) is 0 Å². The summed E-state index contributed by atoms with van der Waals surface area (Å²) in [7, 11) is 3.24. The van der Waals surface area contributed by atoms with Gasteiger partial charge in [0.25, 0.3) is 5.56 Å². The summed E-state index contributed by atoms with van der Waals surface area (Å²) in [5.41, 5.74) is -1.87. The smallest absolute Gasteiger partial charge is 0.275 e. The second-order valence-corrected chi connectivity index (χ2v) is 6.91. The van der Waals surface area contributed by atoms with Gasteiger partial charge in [-0.05, 0) is 18.2 Å². The third kappa shape index (κ3) is 2.51. The summed E-state index contributed by atoms with van der Waals surface area (Å²) in [4.78, 5) is 16.9. The van der Waals surface area contributed by atoms with Gasteiger partial charge in [-0.15, -0.1) is 0 Å². The molecular weight excluding hydrogens is 404 g/mol. The van der Waals surface area contributed by atoms with Gasteiger partial charge in [-0.3, -0.25) is 18.7 Å². The normalized spacial score (nSPS) is 12.5. The van der Waals surface area contributed by atoms with Crippen LogP contribution in [0.15, 0.2) is 41.5 Å². The Morgan fingerprint density at radius 1 is 0.967 bits per heavy atom. The molecule has 30 heavy (non-hydrogen) atoms. The molecule has 0 unspecified atom stereocenters. The molecule has 0 spiro atoms. The second-order valence-electron chi connectivity index (χ2n) is 6.91. The van der Waals surface area contributed by atoms with Crippen LogP contribution in [-0.4, -0.2) is 29.1 Å². The molecule has 0 N–H and O–H groups in total. The fourth-order valence-corrected chi connectivity index (χ4v) is 3.66. The zero-order chi connectivity index (χ0) is 21.4. The number of hydrogen-bond donors (Lipinski definition) is 0. The lowest BCUT2D eigenvalue weighted by atomic mass is 10.1. The van der Waals surface area contributed by atoms with Gasteiger partial charge < -0.3 is 0 Å². The predicted octanol–water partition coefficient (Wildman–Crippen LogP) is 3.32. The van der Waals surface area contributed by atoms with Crippen LogP contribution < -0.4 is 5.56 Å². The minimum atomic E-state index is -5.02. The van der Waals surface area contributed by atoms with Crippen LogP contribution in [0.3, 0.4) is 0 Å². The molecule has 5 aromatic rings. The van der Waals surface area contributed by atoms with Crippen molar-refractivity contribution in [3.8, 4) is 5.69 Å². The Morgan fingerprint density at radius 3 is 2.40 bits per heavy atom. The van der Waals surface area contributed by atoms with E-state index in [1.54, 1.807) is 38.5 Å². The van der Waals surface area contributed by atoms with Crippen molar-refractivity contribution >= 4 is 32.8 Å². The van der Waals surface area contributed by atoms with Crippen LogP contribution in [0.4, 0.5) is 17.6 Å². The van der Waals surface area contributed by atoms with Gasteiger partial charge in [0, 0.05) is 42.6 Å². The predicted molar refractivity (Wildman–Crippen MR) is 101 cm³/mol. The van der Waals surface area contributed by atoms with Gasteiger partial charge in [-0.25, -0.2) is 9.37 Å². The van der Waals surface area contributed by atoms with E-state index < -0.39 is 23.2 Å². The molecule has 152 valence electrons. The maximum atomic E-state index is 14.3. The monoisotopic (exact) mass is 416 g/mol. The summed E-state index contributed by atoms with van der Waals surface area (Å²) in [6.07, 6.45) is -1.94. The summed E-state index contributed by atoms with van der Waals surface area (Å²) in [5.74, 6) is -1.52. The molecule has 0 atom stereocenters. The van der Waals surface area contributed by atoms with Crippen molar-refractivity contribution in [2.45, 2.75) is 6.18 Å². The molecule has 0 fully saturated rings. The van der Waals surface area contributed by atoms with Crippen molar-refractivity contribution in [2.75, 3.05) is 0 Å². The average molecular weight is 416 g/mol. The van der Waals surface area contributed by atoms with Crippen LogP contribution >= 0.6 is 0 Å². The molecule has 0 aliphatic heterocycles. The fraction of sp³-hybridized carbons (Fsp3) is 0.158. The van der Waals surface area contributed by atoms with Crippen LogP contribution in [0, 0.1) is 5.82 Å². The number of aromatic nitrogens is 6. The van der Waals surface area contributed by atoms with E-state index in [0.29, 0.717) is 10.9 Å². The molecule has 7 nitrogen and oxygen atoms in total. The van der Waals surface area contributed by atoms with E-state index in [0.717, 1.165) is 10.6 Å². The van der Waals surface area contributed by atoms with Crippen molar-refractivity contribution < 1.29 is 17.6 Å². The molecule has 0 bridgehead atoms. The van der Waals surface area contributed by atoms with E-state index in [1.165, 1.54) is 15.6 Å². The molecule has 0 aliphatic rings. The molecule has 4 aromatic heterocycles. The lowest BCUT2D eigenvalue weighted by Crippen LogP contribution is -2.22. The molecule has 5 rings (SSSR count).